The summed E-state index contributed by atoms with van der Waals surface area (Å²) in [6, 6.07) is 39.1. The molecule has 152 valence electrons. The second kappa shape index (κ2) is 6.17. The lowest BCUT2D eigenvalue weighted by molar-refractivity contribution is 0.488. The van der Waals surface area contributed by atoms with E-state index in [0.717, 1.165) is 11.5 Å². The van der Waals surface area contributed by atoms with Crippen molar-refractivity contribution in [1.82, 2.24) is 4.57 Å². The van der Waals surface area contributed by atoms with Crippen LogP contribution in [0.1, 0.15) is 0 Å². The molecule has 0 saturated carbocycles. The van der Waals surface area contributed by atoms with Gasteiger partial charge in [0.1, 0.15) is 11.5 Å². The van der Waals surface area contributed by atoms with Gasteiger partial charge in [-0.1, -0.05) is 78.9 Å². The number of hydrogen-bond donors (Lipinski definition) is 0. The molecule has 1 aromatic heterocycles. The molecule has 0 unspecified atom stereocenters. The van der Waals surface area contributed by atoms with Crippen LogP contribution in [-0.2, 0) is 0 Å². The summed E-state index contributed by atoms with van der Waals surface area (Å²) in [6.45, 7) is 0.168. The lowest BCUT2D eigenvalue weighted by Gasteiger charge is -2.32. The molecular formula is C30H18BNO. The molecule has 6 aromatic rings. The molecule has 5 aromatic carbocycles. The van der Waals surface area contributed by atoms with Crippen LogP contribution in [0.4, 0.5) is 0 Å². The number of aromatic nitrogens is 1. The van der Waals surface area contributed by atoms with Crippen LogP contribution in [0.5, 0.6) is 11.5 Å². The van der Waals surface area contributed by atoms with Crippen LogP contribution in [0, 0.1) is 0 Å². The first kappa shape index (κ1) is 17.3. The standard InChI is InChI=1S/C30H18BNO/c1-2-9-19(10-3-1)20-11-8-15-25-28(20)21-17-18-27-29-30(21)32(25)24-14-6-4-12-22(24)31(29)23-13-5-7-16-26(23)33-27/h1-18H. The average molecular weight is 419 g/mol. The lowest BCUT2D eigenvalue weighted by atomic mass is 9.34. The Balaban J connectivity index is 1.60. The third-order valence-corrected chi connectivity index (χ3v) is 7.27. The topological polar surface area (TPSA) is 14.2 Å². The van der Waals surface area contributed by atoms with Crippen LogP contribution in [0.15, 0.2) is 109 Å². The summed E-state index contributed by atoms with van der Waals surface area (Å²) >= 11 is 0. The van der Waals surface area contributed by atoms with Gasteiger partial charge in [-0.2, -0.15) is 0 Å². The number of nitrogens with zero attached hydrogens (tertiary/aromatic N) is 1. The van der Waals surface area contributed by atoms with Gasteiger partial charge in [0, 0.05) is 16.5 Å². The number of hydrogen-bond acceptors (Lipinski definition) is 1. The van der Waals surface area contributed by atoms with Gasteiger partial charge in [0.25, 0.3) is 6.71 Å². The second-order valence-corrected chi connectivity index (χ2v) is 8.91. The summed E-state index contributed by atoms with van der Waals surface area (Å²) in [5.74, 6) is 1.92. The Morgan fingerprint density at radius 2 is 1.39 bits per heavy atom. The minimum Gasteiger partial charge on any atom is -0.458 e. The third-order valence-electron chi connectivity index (χ3n) is 7.27. The van der Waals surface area contributed by atoms with E-state index in [2.05, 4.69) is 114 Å². The minimum atomic E-state index is 0.168. The molecule has 0 fully saturated rings. The van der Waals surface area contributed by atoms with E-state index in [4.69, 9.17) is 4.74 Å². The molecule has 0 spiro atoms. The van der Waals surface area contributed by atoms with E-state index in [9.17, 15) is 0 Å². The van der Waals surface area contributed by atoms with Crippen LogP contribution in [0.3, 0.4) is 0 Å². The Bertz CT molecular complexity index is 1750. The molecule has 0 radical (unpaired) electrons. The maximum atomic E-state index is 6.46. The van der Waals surface area contributed by atoms with Gasteiger partial charge in [0.05, 0.1) is 11.0 Å². The zero-order valence-electron chi connectivity index (χ0n) is 17.8. The summed E-state index contributed by atoms with van der Waals surface area (Å²) in [7, 11) is 0. The van der Waals surface area contributed by atoms with Crippen molar-refractivity contribution in [2.45, 2.75) is 0 Å². The fourth-order valence-electron chi connectivity index (χ4n) is 5.98. The zero-order chi connectivity index (χ0) is 21.5. The highest BCUT2D eigenvalue weighted by Gasteiger charge is 2.40. The fraction of sp³-hybridized carbons (Fsp3) is 0. The SMILES string of the molecule is c1ccc(-c2cccc3c2c2ccc4c5c2n3-c2ccccc2B5c2ccccc2O4)cc1. The second-order valence-electron chi connectivity index (χ2n) is 8.91. The van der Waals surface area contributed by atoms with E-state index in [1.165, 1.54) is 55.0 Å². The van der Waals surface area contributed by atoms with Crippen molar-refractivity contribution in [2.75, 3.05) is 0 Å². The number of benzene rings is 5. The summed E-state index contributed by atoms with van der Waals surface area (Å²) in [6.07, 6.45) is 0. The molecule has 2 aliphatic rings. The molecule has 8 rings (SSSR count). The van der Waals surface area contributed by atoms with E-state index in [1.54, 1.807) is 0 Å². The fourth-order valence-corrected chi connectivity index (χ4v) is 5.98. The molecule has 3 heteroatoms. The Morgan fingerprint density at radius 3 is 2.30 bits per heavy atom. The van der Waals surface area contributed by atoms with Crippen molar-refractivity contribution in [2.24, 2.45) is 0 Å². The molecule has 0 amide bonds. The van der Waals surface area contributed by atoms with Gasteiger partial charge in [-0.15, -0.1) is 0 Å². The summed E-state index contributed by atoms with van der Waals surface area (Å²) in [5.41, 5.74) is 10.1. The third kappa shape index (κ3) is 2.14. The minimum absolute atomic E-state index is 0.168. The molecule has 33 heavy (non-hydrogen) atoms. The van der Waals surface area contributed by atoms with Gasteiger partial charge in [-0.25, -0.2) is 0 Å². The van der Waals surface area contributed by atoms with Crippen molar-refractivity contribution in [3.63, 3.8) is 0 Å². The molecule has 0 atom stereocenters. The molecule has 0 saturated heterocycles. The maximum absolute atomic E-state index is 6.46. The highest BCUT2D eigenvalue weighted by molar-refractivity contribution is 6.99. The first-order valence-corrected chi connectivity index (χ1v) is 11.4. The Hall–Kier alpha value is -4.24. The maximum Gasteiger partial charge on any atom is 0.256 e. The van der Waals surface area contributed by atoms with Crippen LogP contribution in [-0.4, -0.2) is 11.3 Å². The molecule has 0 aliphatic carbocycles. The van der Waals surface area contributed by atoms with Gasteiger partial charge < -0.3 is 9.30 Å². The number of ether oxygens (including phenoxy) is 1. The molecule has 0 N–H and O–H groups in total. The monoisotopic (exact) mass is 419 g/mol. The van der Waals surface area contributed by atoms with E-state index >= 15 is 0 Å². The van der Waals surface area contributed by atoms with Gasteiger partial charge in [-0.05, 0) is 57.8 Å². The molecule has 3 heterocycles. The van der Waals surface area contributed by atoms with Crippen molar-refractivity contribution in [3.05, 3.63) is 109 Å². The van der Waals surface area contributed by atoms with E-state index in [1.807, 2.05) is 0 Å². The van der Waals surface area contributed by atoms with Gasteiger partial charge in [0.15, 0.2) is 0 Å². The van der Waals surface area contributed by atoms with Crippen LogP contribution in [0.2, 0.25) is 0 Å². The largest absolute Gasteiger partial charge is 0.458 e. The van der Waals surface area contributed by atoms with E-state index in [0.29, 0.717) is 0 Å². The first-order chi connectivity index (χ1) is 16.4. The van der Waals surface area contributed by atoms with Crippen LogP contribution >= 0.6 is 0 Å². The average Bonchev–Trinajstić information content (AvgIpc) is 3.23. The van der Waals surface area contributed by atoms with Crippen molar-refractivity contribution in [1.29, 1.82) is 0 Å². The summed E-state index contributed by atoms with van der Waals surface area (Å²) in [4.78, 5) is 0. The Morgan fingerprint density at radius 1 is 0.606 bits per heavy atom. The zero-order valence-corrected chi connectivity index (χ0v) is 17.8. The highest BCUT2D eigenvalue weighted by atomic mass is 16.5. The Labute approximate surface area is 191 Å². The van der Waals surface area contributed by atoms with Gasteiger partial charge in [0.2, 0.25) is 0 Å². The summed E-state index contributed by atoms with van der Waals surface area (Å²) in [5, 5.41) is 2.58. The normalized spacial score (nSPS) is 13.0. The summed E-state index contributed by atoms with van der Waals surface area (Å²) < 4.78 is 8.91. The number of para-hydroxylation sites is 2. The van der Waals surface area contributed by atoms with E-state index < -0.39 is 0 Å². The lowest BCUT2D eigenvalue weighted by Crippen LogP contribution is -2.58. The smallest absolute Gasteiger partial charge is 0.256 e. The quantitative estimate of drug-likeness (QED) is 0.326. The van der Waals surface area contributed by atoms with E-state index in [-0.39, 0.29) is 6.71 Å². The highest BCUT2D eigenvalue weighted by Crippen LogP contribution is 2.41. The predicted molar refractivity (Wildman–Crippen MR) is 137 cm³/mol. The number of rotatable bonds is 1. The van der Waals surface area contributed by atoms with Crippen molar-refractivity contribution < 1.29 is 4.74 Å². The van der Waals surface area contributed by atoms with Crippen molar-refractivity contribution >= 4 is 44.9 Å². The number of fused-ring (bicyclic) bond motifs is 8. The Kier molecular flexibility index (Phi) is 3.24. The van der Waals surface area contributed by atoms with Crippen LogP contribution in [0.25, 0.3) is 38.6 Å². The van der Waals surface area contributed by atoms with Crippen molar-refractivity contribution in [3.8, 4) is 28.3 Å². The predicted octanol–water partition coefficient (Wildman–Crippen LogP) is 5.39. The molecule has 2 aliphatic heterocycles. The van der Waals surface area contributed by atoms with Gasteiger partial charge in [-0.3, -0.25) is 0 Å². The first-order valence-electron chi connectivity index (χ1n) is 11.4. The molecule has 0 bridgehead atoms. The van der Waals surface area contributed by atoms with Crippen LogP contribution < -0.4 is 21.1 Å². The van der Waals surface area contributed by atoms with Gasteiger partial charge >= 0.3 is 0 Å². The molecule has 2 nitrogen and oxygen atoms in total. The molecular weight excluding hydrogens is 401 g/mol.